The number of aryl methyl sites for hydroxylation is 1. The molecule has 3 aromatic rings. The number of aromatic nitrogens is 1. The summed E-state index contributed by atoms with van der Waals surface area (Å²) in [5, 5.41) is 29.0. The number of rotatable bonds is 8. The van der Waals surface area contributed by atoms with E-state index in [0.717, 1.165) is 35.0 Å². The second kappa shape index (κ2) is 16.8. The first-order chi connectivity index (χ1) is 24.5. The monoisotopic (exact) mass is 752 g/mol. The van der Waals surface area contributed by atoms with Crippen molar-refractivity contribution in [3.8, 4) is 11.8 Å². The quantitative estimate of drug-likeness (QED) is 0.225. The molecular formula is C36H38F6N4O5S. The Hall–Kier alpha value is -4.65. The lowest BCUT2D eigenvalue weighted by Gasteiger charge is -2.45. The molecule has 280 valence electrons. The fraction of sp³-hybridized carbons (Fsp3) is 0.472. The summed E-state index contributed by atoms with van der Waals surface area (Å²) in [7, 11) is 0. The van der Waals surface area contributed by atoms with Crippen molar-refractivity contribution in [2.75, 3.05) is 19.6 Å². The van der Waals surface area contributed by atoms with Crippen LogP contribution in [0, 0.1) is 17.2 Å². The van der Waals surface area contributed by atoms with E-state index in [1.165, 1.54) is 4.90 Å². The number of carboxylic acids is 1. The van der Waals surface area contributed by atoms with E-state index >= 15 is 0 Å². The number of thiophene rings is 1. The number of nitrogens with zero attached hydrogens (tertiary/aromatic N) is 4. The van der Waals surface area contributed by atoms with Gasteiger partial charge in [-0.3, -0.25) is 19.4 Å². The maximum Gasteiger partial charge on any atom is 0.425 e. The molecule has 2 atom stereocenters. The molecule has 9 nitrogen and oxygen atoms in total. The van der Waals surface area contributed by atoms with Gasteiger partial charge in [-0.05, 0) is 55.7 Å². The Kier molecular flexibility index (Phi) is 13.0. The number of halogens is 6. The van der Waals surface area contributed by atoms with E-state index in [1.54, 1.807) is 4.90 Å². The number of alkyl halides is 6. The van der Waals surface area contributed by atoms with Crippen molar-refractivity contribution >= 4 is 29.1 Å². The number of likely N-dealkylation sites (tertiary alicyclic amines) is 2. The van der Waals surface area contributed by atoms with Crippen LogP contribution in [0.25, 0.3) is 0 Å². The number of carbonyl (C=O) groups excluding carboxylic acids is 2. The van der Waals surface area contributed by atoms with Crippen molar-refractivity contribution in [1.82, 2.24) is 14.8 Å². The lowest BCUT2D eigenvalue weighted by atomic mass is 9.71. The molecule has 2 fully saturated rings. The van der Waals surface area contributed by atoms with E-state index in [4.69, 9.17) is 10.2 Å². The van der Waals surface area contributed by atoms with Crippen LogP contribution >= 0.6 is 11.3 Å². The number of pyridine rings is 1. The number of amides is 2. The highest BCUT2D eigenvalue weighted by molar-refractivity contribution is 7.10. The molecule has 0 radical (unpaired) electrons. The van der Waals surface area contributed by atoms with Gasteiger partial charge < -0.3 is 20.0 Å². The number of nitriles is 1. The molecule has 2 unspecified atom stereocenters. The van der Waals surface area contributed by atoms with Crippen LogP contribution in [-0.2, 0) is 33.8 Å². The zero-order valence-electron chi connectivity index (χ0n) is 28.2. The number of hydrogen-bond acceptors (Lipinski definition) is 7. The summed E-state index contributed by atoms with van der Waals surface area (Å²) >= 11 is 0.481. The molecule has 2 aliphatic heterocycles. The van der Waals surface area contributed by atoms with Crippen molar-refractivity contribution in [3.05, 3.63) is 81.3 Å². The molecule has 0 saturated carbocycles. The summed E-state index contributed by atoms with van der Waals surface area (Å²) in [6.07, 6.45) is -3.99. The van der Waals surface area contributed by atoms with Gasteiger partial charge in [0.05, 0.1) is 28.5 Å². The fourth-order valence-corrected chi connectivity index (χ4v) is 7.56. The predicted molar refractivity (Wildman–Crippen MR) is 178 cm³/mol. The maximum atomic E-state index is 13.9. The molecule has 52 heavy (non-hydrogen) atoms. The minimum absolute atomic E-state index is 0.0532. The van der Waals surface area contributed by atoms with Crippen molar-refractivity contribution in [3.63, 3.8) is 0 Å². The Morgan fingerprint density at radius 2 is 1.75 bits per heavy atom. The second-order valence-corrected chi connectivity index (χ2v) is 13.7. The Labute approximate surface area is 300 Å². The molecule has 16 heteroatoms. The van der Waals surface area contributed by atoms with E-state index in [9.17, 15) is 46.0 Å². The first-order valence-electron chi connectivity index (χ1n) is 16.7. The number of carbonyl (C=O) groups is 3. The lowest BCUT2D eigenvalue weighted by molar-refractivity contribution is -0.141. The van der Waals surface area contributed by atoms with Gasteiger partial charge in [0.15, 0.2) is 0 Å². The van der Waals surface area contributed by atoms with Gasteiger partial charge in [-0.2, -0.15) is 31.6 Å². The van der Waals surface area contributed by atoms with E-state index in [1.807, 2.05) is 31.2 Å². The van der Waals surface area contributed by atoms with Crippen LogP contribution < -0.4 is 0 Å². The van der Waals surface area contributed by atoms with E-state index in [-0.39, 0.29) is 24.6 Å². The summed E-state index contributed by atoms with van der Waals surface area (Å²) in [5.74, 6) is -2.75. The Morgan fingerprint density at radius 3 is 2.31 bits per heavy atom. The van der Waals surface area contributed by atoms with Crippen molar-refractivity contribution < 1.29 is 50.9 Å². The molecule has 0 spiro atoms. The first kappa shape index (κ1) is 40.1. The van der Waals surface area contributed by atoms with E-state index in [2.05, 4.69) is 11.1 Å². The predicted octanol–water partition coefficient (Wildman–Crippen LogP) is 7.69. The molecule has 2 aliphatic rings. The Morgan fingerprint density at radius 1 is 1.06 bits per heavy atom. The molecule has 2 aromatic heterocycles. The average Bonchev–Trinajstić information content (AvgIpc) is 3.57. The number of carboxylic acid groups (broad SMARTS) is 1. The number of aromatic hydroxyl groups is 1. The highest BCUT2D eigenvalue weighted by Crippen LogP contribution is 2.40. The zero-order valence-corrected chi connectivity index (χ0v) is 29.0. The molecule has 4 heterocycles. The van der Waals surface area contributed by atoms with Gasteiger partial charge in [0.25, 0.3) is 5.91 Å². The van der Waals surface area contributed by atoms with E-state index in [0.29, 0.717) is 75.4 Å². The van der Waals surface area contributed by atoms with Crippen LogP contribution in [0.4, 0.5) is 26.3 Å². The Balaban J connectivity index is 0.000000521. The zero-order chi connectivity index (χ0) is 38.3. The van der Waals surface area contributed by atoms with Gasteiger partial charge in [0.2, 0.25) is 5.91 Å². The molecule has 5 rings (SSSR count). The number of benzene rings is 1. The van der Waals surface area contributed by atoms with Crippen LogP contribution in [-0.4, -0.2) is 68.5 Å². The number of piperidine rings is 2. The summed E-state index contributed by atoms with van der Waals surface area (Å²) in [4.78, 5) is 44.7. The molecule has 0 bridgehead atoms. The summed E-state index contributed by atoms with van der Waals surface area (Å²) in [6, 6.07) is 10.7. The molecule has 1 aromatic carbocycles. The molecule has 0 aliphatic carbocycles. The molecule has 2 saturated heterocycles. The smallest absolute Gasteiger partial charge is 0.425 e. The van der Waals surface area contributed by atoms with Crippen LogP contribution in [0.3, 0.4) is 0 Å². The highest BCUT2D eigenvalue weighted by atomic mass is 32.1. The summed E-state index contributed by atoms with van der Waals surface area (Å²) < 4.78 is 76.1. The van der Waals surface area contributed by atoms with Crippen molar-refractivity contribution in [1.29, 1.82) is 5.26 Å². The number of aliphatic carboxylic acids is 1. The fourth-order valence-electron chi connectivity index (χ4n) is 6.92. The third-order valence-corrected chi connectivity index (χ3v) is 10.4. The topological polar surface area (TPSA) is 135 Å². The maximum absolute atomic E-state index is 13.9. The minimum atomic E-state index is -4.72. The summed E-state index contributed by atoms with van der Waals surface area (Å²) in [5.41, 5.74) is -0.830. The minimum Gasteiger partial charge on any atom is -0.507 e. The largest absolute Gasteiger partial charge is 0.507 e. The normalized spacial score (nSPS) is 18.9. The van der Waals surface area contributed by atoms with Crippen LogP contribution in [0.1, 0.15) is 83.8 Å². The van der Waals surface area contributed by atoms with Gasteiger partial charge in [-0.1, -0.05) is 37.6 Å². The van der Waals surface area contributed by atoms with Crippen molar-refractivity contribution in [2.45, 2.75) is 82.1 Å². The van der Waals surface area contributed by atoms with Gasteiger partial charge in [-0.15, -0.1) is 11.3 Å². The van der Waals surface area contributed by atoms with Crippen LogP contribution in [0.2, 0.25) is 0 Å². The van der Waals surface area contributed by atoms with Gasteiger partial charge in [0, 0.05) is 55.9 Å². The molecule has 2 N–H and O–H groups in total. The highest BCUT2D eigenvalue weighted by Gasteiger charge is 2.45. The van der Waals surface area contributed by atoms with Gasteiger partial charge in [0.1, 0.15) is 10.6 Å². The average molecular weight is 753 g/mol. The lowest BCUT2D eigenvalue weighted by Crippen LogP contribution is -2.55. The second-order valence-electron chi connectivity index (χ2n) is 12.8. The summed E-state index contributed by atoms with van der Waals surface area (Å²) in [6.45, 7) is 2.78. The van der Waals surface area contributed by atoms with Crippen molar-refractivity contribution in [2.24, 2.45) is 5.92 Å². The first-order valence-corrected chi connectivity index (χ1v) is 17.6. The van der Waals surface area contributed by atoms with Gasteiger partial charge >= 0.3 is 18.3 Å². The van der Waals surface area contributed by atoms with E-state index < -0.39 is 57.6 Å². The third kappa shape index (κ3) is 9.41. The molecule has 2 amide bonds. The standard InChI is InChI=1S/C31H35F3N4O4.C5H3F3OS/c1-2-6-26-22(8-5-16-38(26)29(42)23-19-36-15-12-25(23)31(32,33)34)28(41)37-17-13-30(20-35,14-18-37)24-9-4-3-7-21(24)10-11-27(39)40;6-5(7,8)4-1-3(9)2-10-4/h3-4,7,9,12,15,19,22,26H,2,5-6,8,10-11,13-14,16-18H2,1H3,(H,39,40);1-2,9H. The molecular weight excluding hydrogens is 714 g/mol. The van der Waals surface area contributed by atoms with Crippen LogP contribution in [0.5, 0.6) is 5.75 Å². The van der Waals surface area contributed by atoms with Crippen LogP contribution in [0.15, 0.2) is 54.2 Å². The third-order valence-electron chi connectivity index (χ3n) is 9.45. The number of hydrogen-bond donors (Lipinski definition) is 2. The Bertz CT molecular complexity index is 1760. The SMILES string of the molecule is CCCC1C(C(=O)N2CCC(C#N)(c3ccccc3CCC(=O)O)CC2)CCCN1C(=O)c1cnccc1C(F)(F)F.Oc1csc(C(F)(F)F)c1. The van der Waals surface area contributed by atoms with Gasteiger partial charge in [-0.25, -0.2) is 0 Å².